The summed E-state index contributed by atoms with van der Waals surface area (Å²) in [5.74, 6) is -1.04. The molecule has 0 aliphatic rings. The summed E-state index contributed by atoms with van der Waals surface area (Å²) in [5, 5.41) is 18.0. The summed E-state index contributed by atoms with van der Waals surface area (Å²) in [6.45, 7) is 9.71. The fraction of sp³-hybridized carbons (Fsp3) is 0.167. The standard InChI is InChI=1S/C18H19N3O2S2/c1-4-13(9-16(19)17(22)23)8-11(2)14-6-5-7-15(10-14)25-18-21-20-12(3)24-18/h4-8,10,16H,1-2,9,19H2,3H3,(H,22,23)/b13-8+. The van der Waals surface area contributed by atoms with Crippen LogP contribution in [0.1, 0.15) is 17.0 Å². The maximum Gasteiger partial charge on any atom is 0.320 e. The zero-order valence-electron chi connectivity index (χ0n) is 13.8. The molecule has 25 heavy (non-hydrogen) atoms. The topological polar surface area (TPSA) is 89.1 Å². The highest BCUT2D eigenvalue weighted by atomic mass is 32.2. The predicted octanol–water partition coefficient (Wildman–Crippen LogP) is 3.93. The lowest BCUT2D eigenvalue weighted by Gasteiger charge is -2.09. The molecular formula is C18H19N3O2S2. The van der Waals surface area contributed by atoms with E-state index < -0.39 is 12.0 Å². The van der Waals surface area contributed by atoms with Crippen molar-refractivity contribution in [3.63, 3.8) is 0 Å². The Morgan fingerprint density at radius 2 is 2.24 bits per heavy atom. The Bertz CT molecular complexity index is 827. The molecule has 0 fully saturated rings. The summed E-state index contributed by atoms with van der Waals surface area (Å²) in [5.41, 5.74) is 8.03. The molecule has 0 saturated carbocycles. The number of allylic oxidation sites excluding steroid dienone is 3. The molecule has 0 aliphatic heterocycles. The SMILES string of the molecule is C=C/C(=C\C(=C)c1cccc(Sc2nnc(C)s2)c1)CC(N)C(=O)O. The molecular weight excluding hydrogens is 354 g/mol. The van der Waals surface area contributed by atoms with Crippen molar-refractivity contribution in [2.75, 3.05) is 0 Å². The molecule has 1 aromatic heterocycles. The lowest BCUT2D eigenvalue weighted by atomic mass is 10.0. The lowest BCUT2D eigenvalue weighted by molar-refractivity contribution is -0.138. The van der Waals surface area contributed by atoms with Gasteiger partial charge >= 0.3 is 5.97 Å². The van der Waals surface area contributed by atoms with Gasteiger partial charge in [0.2, 0.25) is 0 Å². The highest BCUT2D eigenvalue weighted by Gasteiger charge is 2.12. The highest BCUT2D eigenvalue weighted by molar-refractivity contribution is 8.01. The molecule has 1 unspecified atom stereocenters. The van der Waals surface area contributed by atoms with Crippen molar-refractivity contribution in [2.24, 2.45) is 5.73 Å². The maximum absolute atomic E-state index is 10.9. The van der Waals surface area contributed by atoms with E-state index >= 15 is 0 Å². The minimum atomic E-state index is -1.04. The summed E-state index contributed by atoms with van der Waals surface area (Å²) >= 11 is 3.09. The molecule has 5 nitrogen and oxygen atoms in total. The number of carboxylic acid groups (broad SMARTS) is 1. The number of aromatic nitrogens is 2. The Balaban J connectivity index is 2.15. The predicted molar refractivity (Wildman–Crippen MR) is 103 cm³/mol. The number of nitrogens with zero attached hydrogens (tertiary/aromatic N) is 2. The van der Waals surface area contributed by atoms with Gasteiger partial charge in [-0.25, -0.2) is 0 Å². The van der Waals surface area contributed by atoms with Gasteiger partial charge in [0.1, 0.15) is 11.0 Å². The first kappa shape index (κ1) is 19.1. The van der Waals surface area contributed by atoms with Crippen molar-refractivity contribution in [1.82, 2.24) is 10.2 Å². The van der Waals surface area contributed by atoms with Crippen LogP contribution in [0.15, 0.2) is 64.4 Å². The summed E-state index contributed by atoms with van der Waals surface area (Å²) in [6, 6.07) is 6.95. The smallest absolute Gasteiger partial charge is 0.320 e. The molecule has 0 radical (unpaired) electrons. The first-order valence-electron chi connectivity index (χ1n) is 7.47. The van der Waals surface area contributed by atoms with Gasteiger partial charge in [-0.05, 0) is 42.2 Å². The number of carboxylic acids is 1. The van der Waals surface area contributed by atoms with E-state index in [4.69, 9.17) is 10.8 Å². The second kappa shape index (κ2) is 8.75. The number of rotatable bonds is 8. The van der Waals surface area contributed by atoms with Gasteiger partial charge in [-0.1, -0.05) is 60.5 Å². The van der Waals surface area contributed by atoms with Crippen molar-refractivity contribution in [3.05, 3.63) is 65.7 Å². The molecule has 0 saturated heterocycles. The van der Waals surface area contributed by atoms with Gasteiger partial charge in [0.05, 0.1) is 0 Å². The van der Waals surface area contributed by atoms with E-state index in [1.54, 1.807) is 29.2 Å². The number of hydrogen-bond donors (Lipinski definition) is 2. The van der Waals surface area contributed by atoms with Crippen LogP contribution in [0.25, 0.3) is 5.57 Å². The highest BCUT2D eigenvalue weighted by Crippen LogP contribution is 2.31. The van der Waals surface area contributed by atoms with Crippen LogP contribution in [0.2, 0.25) is 0 Å². The van der Waals surface area contributed by atoms with Gasteiger partial charge in [-0.2, -0.15) is 0 Å². The quantitative estimate of drug-likeness (QED) is 0.682. The first-order chi connectivity index (χ1) is 11.9. The minimum absolute atomic E-state index is 0.205. The zero-order valence-corrected chi connectivity index (χ0v) is 15.4. The van der Waals surface area contributed by atoms with Gasteiger partial charge in [0.25, 0.3) is 0 Å². The second-order valence-corrected chi connectivity index (χ2v) is 7.82. The van der Waals surface area contributed by atoms with Crippen molar-refractivity contribution in [2.45, 2.75) is 28.6 Å². The molecule has 7 heteroatoms. The minimum Gasteiger partial charge on any atom is -0.480 e. The molecule has 3 N–H and O–H groups in total. The maximum atomic E-state index is 10.9. The number of nitrogens with two attached hydrogens (primary N) is 1. The normalized spacial score (nSPS) is 12.6. The summed E-state index contributed by atoms with van der Waals surface area (Å²) in [4.78, 5) is 11.9. The van der Waals surface area contributed by atoms with Gasteiger partial charge in [0.15, 0.2) is 4.34 Å². The average Bonchev–Trinajstić information content (AvgIpc) is 2.99. The number of carbonyl (C=O) groups is 1. The van der Waals surface area contributed by atoms with Crippen LogP contribution in [-0.4, -0.2) is 27.3 Å². The van der Waals surface area contributed by atoms with E-state index in [-0.39, 0.29) is 6.42 Å². The van der Waals surface area contributed by atoms with E-state index in [0.717, 1.165) is 31.0 Å². The van der Waals surface area contributed by atoms with E-state index in [2.05, 4.69) is 23.4 Å². The van der Waals surface area contributed by atoms with Crippen LogP contribution < -0.4 is 5.73 Å². The van der Waals surface area contributed by atoms with Crippen LogP contribution >= 0.6 is 23.1 Å². The number of benzene rings is 1. The summed E-state index contributed by atoms with van der Waals surface area (Å²) in [7, 11) is 0. The molecule has 2 aromatic rings. The van der Waals surface area contributed by atoms with E-state index in [1.807, 2.05) is 37.3 Å². The van der Waals surface area contributed by atoms with E-state index in [0.29, 0.717) is 0 Å². The van der Waals surface area contributed by atoms with Crippen LogP contribution in [0.5, 0.6) is 0 Å². The number of hydrogen-bond acceptors (Lipinski definition) is 6. The Hall–Kier alpha value is -2.22. The van der Waals surface area contributed by atoms with Gasteiger partial charge in [0, 0.05) is 4.90 Å². The molecule has 0 spiro atoms. The van der Waals surface area contributed by atoms with Crippen molar-refractivity contribution in [1.29, 1.82) is 0 Å². The summed E-state index contributed by atoms with van der Waals surface area (Å²) < 4.78 is 0.884. The first-order valence-corrected chi connectivity index (χ1v) is 9.11. The third-order valence-corrected chi connectivity index (χ3v) is 5.19. The molecule has 1 atom stereocenters. The zero-order chi connectivity index (χ0) is 18.4. The lowest BCUT2D eigenvalue weighted by Crippen LogP contribution is -2.30. The monoisotopic (exact) mass is 373 g/mol. The molecule has 130 valence electrons. The second-order valence-electron chi connectivity index (χ2n) is 5.31. The van der Waals surface area contributed by atoms with Crippen molar-refractivity contribution < 1.29 is 9.90 Å². The van der Waals surface area contributed by atoms with Gasteiger partial charge < -0.3 is 10.8 Å². The average molecular weight is 374 g/mol. The fourth-order valence-electron chi connectivity index (χ4n) is 2.03. The molecule has 0 amide bonds. The van der Waals surface area contributed by atoms with Crippen molar-refractivity contribution in [3.8, 4) is 0 Å². The van der Waals surface area contributed by atoms with Crippen molar-refractivity contribution >= 4 is 34.6 Å². The van der Waals surface area contributed by atoms with Crippen LogP contribution in [-0.2, 0) is 4.79 Å². The number of aryl methyl sites for hydroxylation is 1. The largest absolute Gasteiger partial charge is 0.480 e. The summed E-state index contributed by atoms with van der Waals surface area (Å²) in [6.07, 6.45) is 3.63. The van der Waals surface area contributed by atoms with Crippen LogP contribution in [0.4, 0.5) is 0 Å². The molecule has 2 rings (SSSR count). The molecule has 1 heterocycles. The third kappa shape index (κ3) is 5.67. The van der Waals surface area contributed by atoms with E-state index in [1.165, 1.54) is 0 Å². The third-order valence-electron chi connectivity index (χ3n) is 3.31. The van der Waals surface area contributed by atoms with Crippen LogP contribution in [0.3, 0.4) is 0 Å². The Morgan fingerprint density at radius 1 is 1.48 bits per heavy atom. The molecule has 0 aliphatic carbocycles. The molecule has 0 bridgehead atoms. The van der Waals surface area contributed by atoms with Crippen LogP contribution in [0, 0.1) is 6.92 Å². The Morgan fingerprint density at radius 3 is 2.84 bits per heavy atom. The van der Waals surface area contributed by atoms with Gasteiger partial charge in [-0.15, -0.1) is 10.2 Å². The van der Waals surface area contributed by atoms with Gasteiger partial charge in [-0.3, -0.25) is 4.79 Å². The molecule has 1 aromatic carbocycles. The van der Waals surface area contributed by atoms with E-state index in [9.17, 15) is 4.79 Å². The Kier molecular flexibility index (Phi) is 6.69. The number of aliphatic carboxylic acids is 1. The fourth-order valence-corrected chi connectivity index (χ4v) is 3.88. The Labute approximate surface area is 155 Å².